The number of benzene rings is 1. The Bertz CT molecular complexity index is 915. The Balaban J connectivity index is 1.99. The quantitative estimate of drug-likeness (QED) is 0.794. The lowest BCUT2D eigenvalue weighted by molar-refractivity contribution is -0.137. The van der Waals surface area contributed by atoms with E-state index >= 15 is 0 Å². The van der Waals surface area contributed by atoms with E-state index in [4.69, 9.17) is 27.9 Å². The molecule has 27 heavy (non-hydrogen) atoms. The molecule has 3 rings (SSSR count). The van der Waals surface area contributed by atoms with Crippen molar-refractivity contribution in [2.75, 3.05) is 13.1 Å². The van der Waals surface area contributed by atoms with E-state index in [0.717, 1.165) is 22.2 Å². The van der Waals surface area contributed by atoms with E-state index in [2.05, 4.69) is 0 Å². The second kappa shape index (κ2) is 7.24. The predicted molar refractivity (Wildman–Crippen MR) is 105 cm³/mol. The van der Waals surface area contributed by atoms with Crippen molar-refractivity contribution in [1.29, 1.82) is 0 Å². The van der Waals surface area contributed by atoms with Gasteiger partial charge in [0.2, 0.25) is 0 Å². The van der Waals surface area contributed by atoms with Crippen LogP contribution < -0.4 is 0 Å². The Morgan fingerprint density at radius 2 is 1.78 bits per heavy atom. The fraction of sp³-hybridized carbons (Fsp3) is 0.474. The number of rotatable bonds is 2. The molecule has 1 amide bonds. The second-order valence-corrected chi connectivity index (χ2v) is 8.47. The highest BCUT2D eigenvalue weighted by Crippen LogP contribution is 2.35. The Morgan fingerprint density at radius 3 is 2.41 bits per heavy atom. The van der Waals surface area contributed by atoms with Crippen molar-refractivity contribution in [3.8, 4) is 0 Å². The van der Waals surface area contributed by atoms with Gasteiger partial charge in [-0.25, -0.2) is 4.79 Å². The zero-order chi connectivity index (χ0) is 19.9. The van der Waals surface area contributed by atoms with Crippen LogP contribution in [0.25, 0.3) is 10.9 Å². The molecule has 8 heteroatoms. The number of aliphatic carboxylic acids is 1. The van der Waals surface area contributed by atoms with Crippen LogP contribution in [0.4, 0.5) is 4.79 Å². The molecule has 0 bridgehead atoms. The first-order chi connectivity index (χ1) is 12.6. The largest absolute Gasteiger partial charge is 0.480 e. The van der Waals surface area contributed by atoms with Crippen LogP contribution in [0.5, 0.6) is 0 Å². The van der Waals surface area contributed by atoms with E-state index in [1.165, 1.54) is 0 Å². The van der Waals surface area contributed by atoms with Crippen LogP contribution in [-0.4, -0.2) is 45.3 Å². The average Bonchev–Trinajstić information content (AvgIpc) is 2.70. The number of ether oxygens (including phenoxy) is 1. The van der Waals surface area contributed by atoms with Gasteiger partial charge in [-0.3, -0.25) is 4.79 Å². The number of nitrogens with zero attached hydrogens (tertiary/aromatic N) is 2. The van der Waals surface area contributed by atoms with Gasteiger partial charge in [0.15, 0.2) is 0 Å². The van der Waals surface area contributed by atoms with Crippen molar-refractivity contribution in [2.45, 2.75) is 45.8 Å². The van der Waals surface area contributed by atoms with Gasteiger partial charge in [0.25, 0.3) is 0 Å². The van der Waals surface area contributed by atoms with Crippen LogP contribution in [0.15, 0.2) is 12.1 Å². The summed E-state index contributed by atoms with van der Waals surface area (Å²) >= 11 is 12.4. The van der Waals surface area contributed by atoms with Gasteiger partial charge in [-0.05, 0) is 44.9 Å². The standard InChI is InChI=1S/C19H22Cl2N2O4/c1-19(2,3)27-18(26)22-6-4-11-12-8-13(20)14(21)9-16(12)23(10-17(24)25)15(11)5-7-22/h8-9H,4-7,10H2,1-3H3,(H,24,25). The smallest absolute Gasteiger partial charge is 0.410 e. The molecule has 0 saturated heterocycles. The van der Waals surface area contributed by atoms with Gasteiger partial charge in [0.05, 0.1) is 15.6 Å². The topological polar surface area (TPSA) is 71.8 Å². The molecule has 0 saturated carbocycles. The van der Waals surface area contributed by atoms with E-state index in [0.29, 0.717) is 36.0 Å². The van der Waals surface area contributed by atoms with Crippen LogP contribution in [0.3, 0.4) is 0 Å². The van der Waals surface area contributed by atoms with Crippen molar-refractivity contribution in [3.63, 3.8) is 0 Å². The third-order valence-corrected chi connectivity index (χ3v) is 5.25. The summed E-state index contributed by atoms with van der Waals surface area (Å²) in [5, 5.41) is 11.0. The van der Waals surface area contributed by atoms with Crippen molar-refractivity contribution in [2.24, 2.45) is 0 Å². The van der Waals surface area contributed by atoms with Gasteiger partial charge in [-0.1, -0.05) is 23.2 Å². The molecule has 0 fully saturated rings. The highest BCUT2D eigenvalue weighted by molar-refractivity contribution is 6.42. The predicted octanol–water partition coefficient (Wildman–Crippen LogP) is 4.37. The summed E-state index contributed by atoms with van der Waals surface area (Å²) in [6, 6.07) is 3.49. The monoisotopic (exact) mass is 412 g/mol. The van der Waals surface area contributed by atoms with Crippen molar-refractivity contribution < 1.29 is 19.4 Å². The number of carboxylic acid groups (broad SMARTS) is 1. The maximum absolute atomic E-state index is 12.4. The lowest BCUT2D eigenvalue weighted by Crippen LogP contribution is -2.38. The molecular formula is C19H22Cl2N2O4. The summed E-state index contributed by atoms with van der Waals surface area (Å²) in [6.07, 6.45) is 0.768. The Kier molecular flexibility index (Phi) is 5.32. The normalized spacial score (nSPS) is 14.8. The molecule has 0 atom stereocenters. The van der Waals surface area contributed by atoms with Gasteiger partial charge in [-0.2, -0.15) is 0 Å². The number of hydrogen-bond donors (Lipinski definition) is 1. The molecule has 146 valence electrons. The number of aromatic nitrogens is 1. The van der Waals surface area contributed by atoms with Crippen LogP contribution in [0.1, 0.15) is 32.0 Å². The zero-order valence-corrected chi connectivity index (χ0v) is 17.0. The first-order valence-electron chi connectivity index (χ1n) is 8.75. The third kappa shape index (κ3) is 4.17. The number of hydrogen-bond acceptors (Lipinski definition) is 3. The number of carboxylic acids is 1. The molecule has 1 aliphatic heterocycles. The number of carbonyl (C=O) groups excluding carboxylic acids is 1. The van der Waals surface area contributed by atoms with E-state index in [1.54, 1.807) is 21.6 Å². The maximum atomic E-state index is 12.4. The maximum Gasteiger partial charge on any atom is 0.410 e. The van der Waals surface area contributed by atoms with Crippen LogP contribution in [0, 0.1) is 0 Å². The minimum atomic E-state index is -0.936. The van der Waals surface area contributed by atoms with E-state index in [-0.39, 0.29) is 12.6 Å². The molecule has 0 radical (unpaired) electrons. The second-order valence-electron chi connectivity index (χ2n) is 7.66. The van der Waals surface area contributed by atoms with Crippen molar-refractivity contribution in [1.82, 2.24) is 9.47 Å². The lowest BCUT2D eigenvalue weighted by atomic mass is 10.1. The molecule has 0 unspecified atom stereocenters. The highest BCUT2D eigenvalue weighted by atomic mass is 35.5. The molecule has 0 spiro atoms. The molecule has 2 aromatic rings. The highest BCUT2D eigenvalue weighted by Gasteiger charge is 2.28. The van der Waals surface area contributed by atoms with Gasteiger partial charge in [0.1, 0.15) is 12.1 Å². The summed E-state index contributed by atoms with van der Waals surface area (Å²) in [5.74, 6) is -0.936. The number of halogens is 2. The fourth-order valence-corrected chi connectivity index (χ4v) is 3.78. The average molecular weight is 413 g/mol. The summed E-state index contributed by atoms with van der Waals surface area (Å²) in [4.78, 5) is 25.5. The lowest BCUT2D eigenvalue weighted by Gasteiger charge is -2.26. The van der Waals surface area contributed by atoms with Crippen LogP contribution in [0.2, 0.25) is 10.0 Å². The molecule has 1 aromatic carbocycles. The Morgan fingerprint density at radius 1 is 1.15 bits per heavy atom. The Hall–Kier alpha value is -1.92. The number of carbonyl (C=O) groups is 2. The fourth-order valence-electron chi connectivity index (χ4n) is 3.45. The van der Waals surface area contributed by atoms with E-state index in [9.17, 15) is 14.7 Å². The molecule has 6 nitrogen and oxygen atoms in total. The minimum absolute atomic E-state index is 0.170. The third-order valence-electron chi connectivity index (χ3n) is 4.52. The molecule has 2 heterocycles. The van der Waals surface area contributed by atoms with Gasteiger partial charge >= 0.3 is 12.1 Å². The molecule has 1 aliphatic rings. The molecule has 1 N–H and O–H groups in total. The first kappa shape index (κ1) is 19.8. The number of fused-ring (bicyclic) bond motifs is 3. The summed E-state index contributed by atoms with van der Waals surface area (Å²) < 4.78 is 7.23. The number of amides is 1. The van der Waals surface area contributed by atoms with E-state index in [1.807, 2.05) is 20.8 Å². The van der Waals surface area contributed by atoms with Gasteiger partial charge in [-0.15, -0.1) is 0 Å². The SMILES string of the molecule is CC(C)(C)OC(=O)N1CCc2c(n(CC(=O)O)c3cc(Cl)c(Cl)cc23)CC1. The van der Waals surface area contributed by atoms with Crippen molar-refractivity contribution >= 4 is 46.2 Å². The first-order valence-corrected chi connectivity index (χ1v) is 9.51. The zero-order valence-electron chi connectivity index (χ0n) is 15.5. The van der Waals surface area contributed by atoms with E-state index < -0.39 is 11.6 Å². The van der Waals surface area contributed by atoms with Gasteiger partial charge in [0, 0.05) is 30.6 Å². The summed E-state index contributed by atoms with van der Waals surface area (Å²) in [7, 11) is 0. The molecule has 0 aliphatic carbocycles. The van der Waals surface area contributed by atoms with Crippen molar-refractivity contribution in [3.05, 3.63) is 33.4 Å². The molecule has 1 aromatic heterocycles. The summed E-state index contributed by atoms with van der Waals surface area (Å²) in [5.41, 5.74) is 2.10. The Labute approximate surface area is 167 Å². The minimum Gasteiger partial charge on any atom is -0.480 e. The summed E-state index contributed by atoms with van der Waals surface area (Å²) in [6.45, 7) is 6.27. The van der Waals surface area contributed by atoms with Gasteiger partial charge < -0.3 is 19.3 Å². The molecular weight excluding hydrogens is 391 g/mol. The van der Waals surface area contributed by atoms with Crippen LogP contribution >= 0.6 is 23.2 Å². The van der Waals surface area contributed by atoms with Crippen LogP contribution in [-0.2, 0) is 28.9 Å².